The van der Waals surface area contributed by atoms with E-state index < -0.39 is 0 Å². The van der Waals surface area contributed by atoms with Crippen LogP contribution in [0.25, 0.3) is 11.3 Å². The Morgan fingerprint density at radius 1 is 1.20 bits per heavy atom. The monoisotopic (exact) mass is 202 g/mol. The van der Waals surface area contributed by atoms with Gasteiger partial charge in [-0.2, -0.15) is 0 Å². The third-order valence-electron chi connectivity index (χ3n) is 2.29. The predicted molar refractivity (Wildman–Crippen MR) is 58.8 cm³/mol. The lowest BCUT2D eigenvalue weighted by Gasteiger charge is -2.04. The van der Waals surface area contributed by atoms with Gasteiger partial charge in [0.05, 0.1) is 17.6 Å². The average molecular weight is 202 g/mol. The Bertz CT molecular complexity index is 477. The van der Waals surface area contributed by atoms with E-state index in [0.29, 0.717) is 5.69 Å². The normalized spacial score (nSPS) is 10.3. The first-order chi connectivity index (χ1) is 7.16. The van der Waals surface area contributed by atoms with Gasteiger partial charge in [0.25, 0.3) is 0 Å². The minimum Gasteiger partial charge on any atom is -0.397 e. The number of nitrogens with two attached hydrogens (primary N) is 1. The first-order valence-corrected chi connectivity index (χ1v) is 4.65. The van der Waals surface area contributed by atoms with E-state index in [9.17, 15) is 4.39 Å². The number of nitrogens with zero attached hydrogens (tertiary/aromatic N) is 1. The van der Waals surface area contributed by atoms with Crippen LogP contribution in [0.3, 0.4) is 0 Å². The van der Waals surface area contributed by atoms with Crippen LogP contribution in [-0.4, -0.2) is 4.98 Å². The van der Waals surface area contributed by atoms with Gasteiger partial charge in [-0.05, 0) is 42.8 Å². The number of rotatable bonds is 1. The van der Waals surface area contributed by atoms with Gasteiger partial charge in [0.1, 0.15) is 5.82 Å². The molecular weight excluding hydrogens is 191 g/mol. The molecule has 0 atom stereocenters. The molecule has 0 amide bonds. The van der Waals surface area contributed by atoms with E-state index >= 15 is 0 Å². The lowest BCUT2D eigenvalue weighted by Crippen LogP contribution is -1.92. The van der Waals surface area contributed by atoms with Gasteiger partial charge in [0, 0.05) is 5.56 Å². The zero-order valence-corrected chi connectivity index (χ0v) is 8.37. The van der Waals surface area contributed by atoms with Crippen LogP contribution in [0.1, 0.15) is 5.56 Å². The highest BCUT2D eigenvalue weighted by Gasteiger charge is 2.01. The van der Waals surface area contributed by atoms with Crippen LogP contribution < -0.4 is 5.73 Å². The van der Waals surface area contributed by atoms with Crippen molar-refractivity contribution in [3.63, 3.8) is 0 Å². The minimum atomic E-state index is -0.245. The number of aromatic nitrogens is 1. The number of hydrogen-bond acceptors (Lipinski definition) is 2. The summed E-state index contributed by atoms with van der Waals surface area (Å²) in [6.07, 6.45) is 1.62. The summed E-state index contributed by atoms with van der Waals surface area (Å²) in [6.45, 7) is 1.92. The van der Waals surface area contributed by atoms with Crippen molar-refractivity contribution in [3.8, 4) is 11.3 Å². The molecule has 0 saturated heterocycles. The van der Waals surface area contributed by atoms with Crippen LogP contribution in [-0.2, 0) is 0 Å². The highest BCUT2D eigenvalue weighted by Crippen LogP contribution is 2.20. The van der Waals surface area contributed by atoms with Crippen molar-refractivity contribution in [2.45, 2.75) is 6.92 Å². The molecule has 2 rings (SSSR count). The van der Waals surface area contributed by atoms with Crippen molar-refractivity contribution < 1.29 is 4.39 Å². The van der Waals surface area contributed by atoms with Crippen LogP contribution in [0.5, 0.6) is 0 Å². The van der Waals surface area contributed by atoms with Crippen LogP contribution in [0.4, 0.5) is 10.1 Å². The predicted octanol–water partition coefficient (Wildman–Crippen LogP) is 2.78. The largest absolute Gasteiger partial charge is 0.397 e. The summed E-state index contributed by atoms with van der Waals surface area (Å²) < 4.78 is 12.7. The van der Waals surface area contributed by atoms with E-state index in [-0.39, 0.29) is 5.82 Å². The van der Waals surface area contributed by atoms with Crippen LogP contribution >= 0.6 is 0 Å². The highest BCUT2D eigenvalue weighted by atomic mass is 19.1. The van der Waals surface area contributed by atoms with E-state index in [1.165, 1.54) is 12.1 Å². The number of halogens is 1. The summed E-state index contributed by atoms with van der Waals surface area (Å²) in [7, 11) is 0. The van der Waals surface area contributed by atoms with Gasteiger partial charge in [-0.15, -0.1) is 0 Å². The molecule has 1 aromatic carbocycles. The first-order valence-electron chi connectivity index (χ1n) is 4.65. The fraction of sp³-hybridized carbons (Fsp3) is 0.0833. The summed E-state index contributed by atoms with van der Waals surface area (Å²) in [5.74, 6) is -0.245. The van der Waals surface area contributed by atoms with Crippen molar-refractivity contribution in [1.29, 1.82) is 0 Å². The molecule has 0 aliphatic heterocycles. The van der Waals surface area contributed by atoms with Crippen LogP contribution in [0, 0.1) is 12.7 Å². The lowest BCUT2D eigenvalue weighted by atomic mass is 10.1. The summed E-state index contributed by atoms with van der Waals surface area (Å²) in [5, 5.41) is 0. The smallest absolute Gasteiger partial charge is 0.123 e. The van der Waals surface area contributed by atoms with E-state index in [2.05, 4.69) is 4.98 Å². The van der Waals surface area contributed by atoms with Gasteiger partial charge in [-0.3, -0.25) is 4.98 Å². The van der Waals surface area contributed by atoms with Crippen molar-refractivity contribution >= 4 is 5.69 Å². The molecule has 0 fully saturated rings. The maximum atomic E-state index is 12.7. The Morgan fingerprint density at radius 3 is 2.47 bits per heavy atom. The maximum absolute atomic E-state index is 12.7. The molecule has 3 heteroatoms. The molecule has 2 nitrogen and oxygen atoms in total. The molecule has 1 heterocycles. The van der Waals surface area contributed by atoms with Crippen molar-refractivity contribution in [1.82, 2.24) is 4.98 Å². The molecule has 0 bridgehead atoms. The van der Waals surface area contributed by atoms with Gasteiger partial charge < -0.3 is 5.73 Å². The molecule has 0 spiro atoms. The molecule has 76 valence electrons. The Balaban J connectivity index is 2.45. The molecule has 0 radical (unpaired) electrons. The number of nitrogen functional groups attached to an aromatic ring is 1. The number of aryl methyl sites for hydroxylation is 1. The molecule has 2 N–H and O–H groups in total. The Labute approximate surface area is 87.6 Å². The van der Waals surface area contributed by atoms with E-state index in [1.54, 1.807) is 18.3 Å². The first kappa shape index (κ1) is 9.65. The Kier molecular flexibility index (Phi) is 2.37. The fourth-order valence-electron chi connectivity index (χ4n) is 1.35. The number of benzene rings is 1. The van der Waals surface area contributed by atoms with Crippen LogP contribution in [0.2, 0.25) is 0 Å². The van der Waals surface area contributed by atoms with Gasteiger partial charge in [0.2, 0.25) is 0 Å². The summed E-state index contributed by atoms with van der Waals surface area (Å²) in [4.78, 5) is 4.19. The van der Waals surface area contributed by atoms with Crippen molar-refractivity contribution in [2.75, 3.05) is 5.73 Å². The molecule has 1 aromatic heterocycles. The molecule has 0 aliphatic carbocycles. The molecule has 0 unspecified atom stereocenters. The topological polar surface area (TPSA) is 38.9 Å². The minimum absolute atomic E-state index is 0.245. The summed E-state index contributed by atoms with van der Waals surface area (Å²) in [5.41, 5.74) is 9.01. The summed E-state index contributed by atoms with van der Waals surface area (Å²) >= 11 is 0. The van der Waals surface area contributed by atoms with Gasteiger partial charge >= 0.3 is 0 Å². The quantitative estimate of drug-likeness (QED) is 0.772. The van der Waals surface area contributed by atoms with E-state index in [1.807, 2.05) is 13.0 Å². The van der Waals surface area contributed by atoms with Gasteiger partial charge in [-0.25, -0.2) is 4.39 Å². The SMILES string of the molecule is Cc1cc(-c2ccc(F)cc2)ncc1N. The van der Waals surface area contributed by atoms with E-state index in [4.69, 9.17) is 5.73 Å². The lowest BCUT2D eigenvalue weighted by molar-refractivity contribution is 0.628. The second-order valence-electron chi connectivity index (χ2n) is 3.43. The standard InChI is InChI=1S/C12H11FN2/c1-8-6-12(15-7-11(8)14)9-2-4-10(13)5-3-9/h2-7H,14H2,1H3. The third kappa shape index (κ3) is 1.96. The van der Waals surface area contributed by atoms with E-state index in [0.717, 1.165) is 16.8 Å². The van der Waals surface area contributed by atoms with Crippen molar-refractivity contribution in [3.05, 3.63) is 47.9 Å². The van der Waals surface area contributed by atoms with Crippen LogP contribution in [0.15, 0.2) is 36.5 Å². The van der Waals surface area contributed by atoms with Gasteiger partial charge in [0.15, 0.2) is 0 Å². The Morgan fingerprint density at radius 2 is 1.87 bits per heavy atom. The number of anilines is 1. The Hall–Kier alpha value is -1.90. The zero-order chi connectivity index (χ0) is 10.8. The summed E-state index contributed by atoms with van der Waals surface area (Å²) in [6, 6.07) is 8.13. The second-order valence-corrected chi connectivity index (χ2v) is 3.43. The zero-order valence-electron chi connectivity index (χ0n) is 8.37. The second kappa shape index (κ2) is 3.69. The molecule has 2 aromatic rings. The average Bonchev–Trinajstić information content (AvgIpc) is 2.23. The fourth-order valence-corrected chi connectivity index (χ4v) is 1.35. The number of pyridine rings is 1. The van der Waals surface area contributed by atoms with Crippen molar-refractivity contribution in [2.24, 2.45) is 0 Å². The third-order valence-corrected chi connectivity index (χ3v) is 2.29. The number of hydrogen-bond donors (Lipinski definition) is 1. The molecular formula is C12H11FN2. The highest BCUT2D eigenvalue weighted by molar-refractivity contribution is 5.62. The molecule has 0 saturated carbocycles. The van der Waals surface area contributed by atoms with Gasteiger partial charge in [-0.1, -0.05) is 0 Å². The molecule has 0 aliphatic rings. The molecule has 15 heavy (non-hydrogen) atoms. The maximum Gasteiger partial charge on any atom is 0.123 e.